The molecule has 5 nitrogen and oxygen atoms in total. The van der Waals surface area contributed by atoms with Crippen LogP contribution in [0.5, 0.6) is 0 Å². The van der Waals surface area contributed by atoms with Crippen LogP contribution in [-0.2, 0) is 9.59 Å². The molecule has 0 bridgehead atoms. The molecule has 0 fully saturated rings. The summed E-state index contributed by atoms with van der Waals surface area (Å²) in [7, 11) is 0. The molecule has 0 aliphatic heterocycles. The normalized spacial score (nSPS) is 11.2. The molecule has 5 heteroatoms. The van der Waals surface area contributed by atoms with Gasteiger partial charge in [0.05, 0.1) is 0 Å². The topological polar surface area (TPSA) is 70.2 Å². The molecule has 0 aromatic heterocycles. The molecule has 0 rings (SSSR count). The van der Waals surface area contributed by atoms with Gasteiger partial charge in [-0.05, 0) is 38.8 Å². The number of unbranched alkanes of at least 4 members (excludes halogenated alkanes) is 16. The Kier molecular flexibility index (Phi) is 26.6. The molecule has 0 saturated carbocycles. The van der Waals surface area contributed by atoms with E-state index >= 15 is 0 Å². The van der Waals surface area contributed by atoms with Gasteiger partial charge in [0.2, 0.25) is 11.8 Å². The van der Waals surface area contributed by atoms with E-state index in [1.165, 1.54) is 89.9 Å². The summed E-state index contributed by atoms with van der Waals surface area (Å²) in [4.78, 5) is 25.0. The summed E-state index contributed by atoms with van der Waals surface area (Å²) in [6.07, 6.45) is 25.1. The second-order valence-electron chi connectivity index (χ2n) is 10.3. The first-order valence-electron chi connectivity index (χ1n) is 15.4. The summed E-state index contributed by atoms with van der Waals surface area (Å²) >= 11 is 0. The van der Waals surface area contributed by atoms with E-state index in [1.54, 1.807) is 0 Å². The second-order valence-corrected chi connectivity index (χ2v) is 10.3. The second kappa shape index (κ2) is 27.5. The minimum atomic E-state index is -0.245. The van der Waals surface area contributed by atoms with E-state index in [1.807, 2.05) is 0 Å². The highest BCUT2D eigenvalue weighted by molar-refractivity contribution is 5.79. The lowest BCUT2D eigenvalue weighted by Crippen LogP contribution is -2.48. The van der Waals surface area contributed by atoms with Crippen molar-refractivity contribution in [2.75, 3.05) is 13.1 Å². The third kappa shape index (κ3) is 25.8. The van der Waals surface area contributed by atoms with E-state index in [2.05, 4.69) is 36.7 Å². The summed E-state index contributed by atoms with van der Waals surface area (Å²) in [6, 6.07) is 0. The molecule has 0 aromatic rings. The largest absolute Gasteiger partial charge is 0.336 e. The van der Waals surface area contributed by atoms with E-state index in [4.69, 9.17) is 0 Å². The van der Waals surface area contributed by atoms with Gasteiger partial charge in [0, 0.05) is 12.8 Å². The monoisotopic (exact) mass is 495 g/mol. The maximum atomic E-state index is 12.5. The van der Waals surface area contributed by atoms with E-state index in [-0.39, 0.29) is 18.0 Å². The molecule has 0 atom stereocenters. The van der Waals surface area contributed by atoms with Crippen LogP contribution >= 0.6 is 0 Å². The van der Waals surface area contributed by atoms with Crippen LogP contribution in [0.3, 0.4) is 0 Å². The zero-order valence-electron chi connectivity index (χ0n) is 23.9. The van der Waals surface area contributed by atoms with Gasteiger partial charge >= 0.3 is 0 Å². The van der Waals surface area contributed by atoms with Gasteiger partial charge < -0.3 is 16.0 Å². The van der Waals surface area contributed by atoms with Crippen LogP contribution in [0.2, 0.25) is 0 Å². The zero-order chi connectivity index (χ0) is 25.8. The lowest BCUT2D eigenvalue weighted by molar-refractivity contribution is -0.124. The van der Waals surface area contributed by atoms with E-state index in [0.717, 1.165) is 51.6 Å². The number of rotatable bonds is 27. The number of carbonyl (C=O) groups is 2. The molecule has 2 amide bonds. The molecule has 3 N–H and O–H groups in total. The van der Waals surface area contributed by atoms with Gasteiger partial charge in [-0.2, -0.15) is 0 Å². The van der Waals surface area contributed by atoms with Crippen molar-refractivity contribution in [1.29, 1.82) is 0 Å². The molecule has 0 saturated heterocycles. The predicted octanol–water partition coefficient (Wildman–Crippen LogP) is 7.78. The average Bonchev–Trinajstić information content (AvgIpc) is 2.84. The fourth-order valence-electron chi connectivity index (χ4n) is 4.51. The first-order valence-corrected chi connectivity index (χ1v) is 15.4. The van der Waals surface area contributed by atoms with Crippen molar-refractivity contribution < 1.29 is 9.59 Å². The maximum absolute atomic E-state index is 12.5. The Morgan fingerprint density at radius 1 is 0.514 bits per heavy atom. The van der Waals surface area contributed by atoms with E-state index in [9.17, 15) is 9.59 Å². The lowest BCUT2D eigenvalue weighted by atomic mass is 10.1. The Morgan fingerprint density at radius 2 is 0.886 bits per heavy atom. The Morgan fingerprint density at radius 3 is 1.26 bits per heavy atom. The van der Waals surface area contributed by atoms with Gasteiger partial charge in [0.15, 0.2) is 0 Å². The highest BCUT2D eigenvalue weighted by Gasteiger charge is 2.14. The number of nitrogens with one attached hydrogen (secondary N) is 3. The quantitative estimate of drug-likeness (QED) is 0.0805. The van der Waals surface area contributed by atoms with Crippen molar-refractivity contribution in [2.24, 2.45) is 0 Å². The molecule has 0 aromatic carbocycles. The Hall–Kier alpha value is -1.10. The van der Waals surface area contributed by atoms with E-state index in [0.29, 0.717) is 12.8 Å². The fraction of sp³-hybridized carbons (Fsp3) is 0.933. The molecular weight excluding hydrogens is 434 g/mol. The van der Waals surface area contributed by atoms with Gasteiger partial charge in [-0.3, -0.25) is 9.59 Å². The molecule has 208 valence electrons. The summed E-state index contributed by atoms with van der Waals surface area (Å²) < 4.78 is 0. The maximum Gasteiger partial charge on any atom is 0.221 e. The Balaban J connectivity index is 4.04. The van der Waals surface area contributed by atoms with Gasteiger partial charge in [0.25, 0.3) is 0 Å². The van der Waals surface area contributed by atoms with Gasteiger partial charge in [0.1, 0.15) is 6.17 Å². The van der Waals surface area contributed by atoms with Crippen LogP contribution in [0.15, 0.2) is 0 Å². The first kappa shape index (κ1) is 33.9. The zero-order valence-corrected chi connectivity index (χ0v) is 23.9. The van der Waals surface area contributed by atoms with Crippen molar-refractivity contribution in [2.45, 2.75) is 168 Å². The standard InChI is InChI=1S/C30H61N3O2/c1-4-7-9-11-13-15-17-19-21-25-29(34)32-28(24-23-27-31-6-3)33-30(35)26-22-20-18-16-14-12-10-8-5-2/h28,31H,4-27H2,1-3H3,(H,32,34)(H,33,35). The van der Waals surface area contributed by atoms with Crippen LogP contribution < -0.4 is 16.0 Å². The fourth-order valence-corrected chi connectivity index (χ4v) is 4.51. The highest BCUT2D eigenvalue weighted by atomic mass is 16.2. The van der Waals surface area contributed by atoms with Crippen molar-refractivity contribution in [3.8, 4) is 0 Å². The molecule has 0 aliphatic carbocycles. The molecule has 0 radical (unpaired) electrons. The molecule has 0 unspecified atom stereocenters. The Labute approximate surface area is 218 Å². The third-order valence-corrected chi connectivity index (χ3v) is 6.78. The number of carbonyl (C=O) groups excluding carboxylic acids is 2. The van der Waals surface area contributed by atoms with Crippen LogP contribution in [-0.4, -0.2) is 31.1 Å². The predicted molar refractivity (Wildman–Crippen MR) is 152 cm³/mol. The van der Waals surface area contributed by atoms with Gasteiger partial charge in [-0.25, -0.2) is 0 Å². The summed E-state index contributed by atoms with van der Waals surface area (Å²) in [5.41, 5.74) is 0. The lowest BCUT2D eigenvalue weighted by Gasteiger charge is -2.20. The van der Waals surface area contributed by atoms with Crippen LogP contribution in [0.4, 0.5) is 0 Å². The molecule has 0 heterocycles. The first-order chi connectivity index (χ1) is 17.1. The van der Waals surface area contributed by atoms with Crippen molar-refractivity contribution >= 4 is 11.8 Å². The van der Waals surface area contributed by atoms with Crippen LogP contribution in [0.1, 0.15) is 162 Å². The van der Waals surface area contributed by atoms with Gasteiger partial charge in [-0.15, -0.1) is 0 Å². The minimum Gasteiger partial charge on any atom is -0.336 e. The van der Waals surface area contributed by atoms with Gasteiger partial charge in [-0.1, -0.05) is 124 Å². The molecular formula is C30H61N3O2. The van der Waals surface area contributed by atoms with Crippen LogP contribution in [0.25, 0.3) is 0 Å². The number of hydrogen-bond donors (Lipinski definition) is 3. The minimum absolute atomic E-state index is 0.0739. The van der Waals surface area contributed by atoms with E-state index < -0.39 is 0 Å². The van der Waals surface area contributed by atoms with Crippen molar-refractivity contribution in [1.82, 2.24) is 16.0 Å². The molecule has 35 heavy (non-hydrogen) atoms. The number of hydrogen-bond acceptors (Lipinski definition) is 3. The smallest absolute Gasteiger partial charge is 0.221 e. The van der Waals surface area contributed by atoms with Crippen molar-refractivity contribution in [3.63, 3.8) is 0 Å². The van der Waals surface area contributed by atoms with Crippen molar-refractivity contribution in [3.05, 3.63) is 0 Å². The Bertz CT molecular complexity index is 435. The van der Waals surface area contributed by atoms with Crippen LogP contribution in [0, 0.1) is 0 Å². The SMILES string of the molecule is CCCCCCCCCCCC(=O)NC(CCCNCC)NC(=O)CCCCCCCCCCC. The summed E-state index contributed by atoms with van der Waals surface area (Å²) in [5, 5.41) is 9.50. The molecule has 0 aliphatic rings. The number of amides is 2. The average molecular weight is 496 g/mol. The molecule has 0 spiro atoms. The highest BCUT2D eigenvalue weighted by Crippen LogP contribution is 2.12. The summed E-state index contributed by atoms with van der Waals surface area (Å²) in [5.74, 6) is 0.148. The summed E-state index contributed by atoms with van der Waals surface area (Å²) in [6.45, 7) is 8.45. The third-order valence-electron chi connectivity index (χ3n) is 6.78.